The number of benzene rings is 1. The van der Waals surface area contributed by atoms with E-state index >= 15 is 0 Å². The van der Waals surface area contributed by atoms with Crippen LogP contribution < -0.4 is 10.9 Å². The Kier molecular flexibility index (Phi) is 5.75. The summed E-state index contributed by atoms with van der Waals surface area (Å²) < 4.78 is 1.40. The maximum atomic E-state index is 12.8. The van der Waals surface area contributed by atoms with Crippen molar-refractivity contribution in [1.29, 1.82) is 0 Å². The van der Waals surface area contributed by atoms with Gasteiger partial charge in [0.2, 0.25) is 5.91 Å². The molecule has 27 heavy (non-hydrogen) atoms. The van der Waals surface area contributed by atoms with Gasteiger partial charge in [-0.05, 0) is 37.3 Å². The molecule has 0 bridgehead atoms. The van der Waals surface area contributed by atoms with E-state index in [0.29, 0.717) is 11.3 Å². The molecule has 0 aliphatic heterocycles. The van der Waals surface area contributed by atoms with E-state index in [-0.39, 0.29) is 24.1 Å². The van der Waals surface area contributed by atoms with E-state index in [9.17, 15) is 9.59 Å². The predicted molar refractivity (Wildman–Crippen MR) is 110 cm³/mol. The van der Waals surface area contributed by atoms with Gasteiger partial charge in [0, 0.05) is 4.88 Å². The molecule has 0 saturated carbocycles. The molecule has 1 aromatic carbocycles. The highest BCUT2D eigenvalue weighted by atomic mass is 32.1. The van der Waals surface area contributed by atoms with Gasteiger partial charge in [-0.25, -0.2) is 4.98 Å². The third kappa shape index (κ3) is 4.27. The molecule has 1 amide bonds. The zero-order chi connectivity index (χ0) is 19.6. The number of rotatable bonds is 6. The summed E-state index contributed by atoms with van der Waals surface area (Å²) in [6.45, 7) is 8.14. The Morgan fingerprint density at radius 2 is 1.93 bits per heavy atom. The highest BCUT2D eigenvalue weighted by Crippen LogP contribution is 2.25. The van der Waals surface area contributed by atoms with Crippen molar-refractivity contribution in [2.24, 2.45) is 5.92 Å². The molecule has 6 heteroatoms. The summed E-state index contributed by atoms with van der Waals surface area (Å²) in [5.41, 5.74) is 1.87. The topological polar surface area (TPSA) is 64.0 Å². The largest absolute Gasteiger partial charge is 0.348 e. The van der Waals surface area contributed by atoms with Crippen LogP contribution in [0.1, 0.15) is 42.3 Å². The fourth-order valence-corrected chi connectivity index (χ4v) is 4.20. The summed E-state index contributed by atoms with van der Waals surface area (Å²) in [5, 5.41) is 3.70. The standard InChI is InChI=1S/C21H25N3O2S/c1-13(2)10-17(16-8-6-5-7-9-16)23-18(25)11-24-12-22-20-19(21(24)26)14(3)15(4)27-20/h5-9,12-13,17H,10-11H2,1-4H3,(H,23,25)/t17-/m0/s1. The molecule has 0 saturated heterocycles. The lowest BCUT2D eigenvalue weighted by Crippen LogP contribution is -2.35. The van der Waals surface area contributed by atoms with E-state index in [0.717, 1.165) is 27.3 Å². The molecule has 5 nitrogen and oxygen atoms in total. The summed E-state index contributed by atoms with van der Waals surface area (Å²) in [6, 6.07) is 9.87. The van der Waals surface area contributed by atoms with Crippen LogP contribution >= 0.6 is 11.3 Å². The van der Waals surface area contributed by atoms with Crippen LogP contribution in [0.5, 0.6) is 0 Å². The quantitative estimate of drug-likeness (QED) is 0.700. The van der Waals surface area contributed by atoms with Crippen molar-refractivity contribution in [2.75, 3.05) is 0 Å². The Morgan fingerprint density at radius 3 is 2.59 bits per heavy atom. The summed E-state index contributed by atoms with van der Waals surface area (Å²) >= 11 is 1.51. The van der Waals surface area contributed by atoms with Crippen LogP contribution in [0.25, 0.3) is 10.2 Å². The minimum atomic E-state index is -0.183. The Morgan fingerprint density at radius 1 is 1.22 bits per heavy atom. The summed E-state index contributed by atoms with van der Waals surface area (Å²) in [7, 11) is 0. The normalized spacial score (nSPS) is 12.5. The van der Waals surface area contributed by atoms with E-state index in [1.54, 1.807) is 0 Å². The number of aromatic nitrogens is 2. The predicted octanol–water partition coefficient (Wildman–Crippen LogP) is 3.98. The van der Waals surface area contributed by atoms with Crippen molar-refractivity contribution in [3.8, 4) is 0 Å². The monoisotopic (exact) mass is 383 g/mol. The molecule has 0 fully saturated rings. The van der Waals surface area contributed by atoms with Gasteiger partial charge in [0.15, 0.2) is 0 Å². The number of fused-ring (bicyclic) bond motifs is 1. The zero-order valence-electron chi connectivity index (χ0n) is 16.2. The van der Waals surface area contributed by atoms with E-state index in [1.807, 2.05) is 44.2 Å². The van der Waals surface area contributed by atoms with Crippen molar-refractivity contribution in [3.05, 3.63) is 63.0 Å². The highest BCUT2D eigenvalue weighted by molar-refractivity contribution is 7.18. The minimum absolute atomic E-state index is 0.0302. The van der Waals surface area contributed by atoms with Crippen LogP contribution in [0.2, 0.25) is 0 Å². The number of hydrogen-bond donors (Lipinski definition) is 1. The van der Waals surface area contributed by atoms with Gasteiger partial charge in [-0.1, -0.05) is 44.2 Å². The first-order valence-corrected chi connectivity index (χ1v) is 9.98. The number of nitrogens with zero attached hydrogens (tertiary/aromatic N) is 2. The van der Waals surface area contributed by atoms with Crippen molar-refractivity contribution >= 4 is 27.5 Å². The molecule has 3 rings (SSSR count). The van der Waals surface area contributed by atoms with Crippen LogP contribution in [-0.2, 0) is 11.3 Å². The number of carbonyl (C=O) groups is 1. The van der Waals surface area contributed by atoms with Gasteiger partial charge in [0.05, 0.1) is 17.8 Å². The van der Waals surface area contributed by atoms with Gasteiger partial charge in [0.25, 0.3) is 5.56 Å². The lowest BCUT2D eigenvalue weighted by molar-refractivity contribution is -0.122. The van der Waals surface area contributed by atoms with Crippen molar-refractivity contribution in [2.45, 2.75) is 46.7 Å². The second kappa shape index (κ2) is 8.05. The smallest absolute Gasteiger partial charge is 0.262 e. The molecule has 0 unspecified atom stereocenters. The summed E-state index contributed by atoms with van der Waals surface area (Å²) in [4.78, 5) is 31.6. The highest BCUT2D eigenvalue weighted by Gasteiger charge is 2.18. The van der Waals surface area contributed by atoms with Crippen LogP contribution in [0.4, 0.5) is 0 Å². The minimum Gasteiger partial charge on any atom is -0.348 e. The average molecular weight is 384 g/mol. The van der Waals surface area contributed by atoms with Gasteiger partial charge in [-0.3, -0.25) is 14.2 Å². The number of carbonyl (C=O) groups excluding carboxylic acids is 1. The van der Waals surface area contributed by atoms with E-state index in [2.05, 4.69) is 24.1 Å². The first kappa shape index (κ1) is 19.3. The van der Waals surface area contributed by atoms with Gasteiger partial charge >= 0.3 is 0 Å². The van der Waals surface area contributed by atoms with Crippen LogP contribution in [0, 0.1) is 19.8 Å². The first-order valence-electron chi connectivity index (χ1n) is 9.16. The molecule has 142 valence electrons. The SMILES string of the molecule is Cc1sc2ncn(CC(=O)N[C@@H](CC(C)C)c3ccccc3)c(=O)c2c1C. The molecule has 0 aliphatic rings. The number of amides is 1. The van der Waals surface area contributed by atoms with Gasteiger partial charge in [0.1, 0.15) is 11.4 Å². The molecular formula is C21H25N3O2S. The Balaban J connectivity index is 1.82. The molecule has 3 aromatic rings. The van der Waals surface area contributed by atoms with E-state index in [1.165, 1.54) is 22.2 Å². The third-order valence-corrected chi connectivity index (χ3v) is 5.83. The lowest BCUT2D eigenvalue weighted by Gasteiger charge is -2.21. The maximum Gasteiger partial charge on any atom is 0.262 e. The van der Waals surface area contributed by atoms with Crippen LogP contribution in [-0.4, -0.2) is 15.5 Å². The molecule has 0 radical (unpaired) electrons. The molecule has 0 aliphatic carbocycles. The summed E-state index contributed by atoms with van der Waals surface area (Å²) in [5.74, 6) is 0.255. The lowest BCUT2D eigenvalue weighted by atomic mass is 9.97. The number of thiophene rings is 1. The van der Waals surface area contributed by atoms with Crippen molar-refractivity contribution in [3.63, 3.8) is 0 Å². The Hall–Kier alpha value is -2.47. The van der Waals surface area contributed by atoms with E-state index < -0.39 is 0 Å². The number of hydrogen-bond acceptors (Lipinski definition) is 4. The second-order valence-corrected chi connectivity index (χ2v) is 8.50. The summed E-state index contributed by atoms with van der Waals surface area (Å²) in [6.07, 6.45) is 2.31. The molecular weight excluding hydrogens is 358 g/mol. The Bertz CT molecular complexity index is 1010. The van der Waals surface area contributed by atoms with Crippen molar-refractivity contribution < 1.29 is 4.79 Å². The van der Waals surface area contributed by atoms with Gasteiger partial charge in [-0.15, -0.1) is 11.3 Å². The molecule has 2 heterocycles. The molecule has 0 spiro atoms. The molecule has 2 aromatic heterocycles. The zero-order valence-corrected chi connectivity index (χ0v) is 17.0. The third-order valence-electron chi connectivity index (χ3n) is 4.71. The van der Waals surface area contributed by atoms with Gasteiger partial charge < -0.3 is 5.32 Å². The second-order valence-electron chi connectivity index (χ2n) is 7.30. The maximum absolute atomic E-state index is 12.8. The molecule has 1 atom stereocenters. The number of nitrogens with one attached hydrogen (secondary N) is 1. The fraction of sp³-hybridized carbons (Fsp3) is 0.381. The Labute approximate surface area is 163 Å². The van der Waals surface area contributed by atoms with Crippen molar-refractivity contribution in [1.82, 2.24) is 14.9 Å². The van der Waals surface area contributed by atoms with E-state index in [4.69, 9.17) is 0 Å². The average Bonchev–Trinajstić information content (AvgIpc) is 2.92. The molecule has 1 N–H and O–H groups in total. The fourth-order valence-electron chi connectivity index (χ4n) is 3.21. The van der Waals surface area contributed by atoms with Crippen LogP contribution in [0.15, 0.2) is 41.5 Å². The first-order chi connectivity index (χ1) is 12.9. The van der Waals surface area contributed by atoms with Gasteiger partial charge in [-0.2, -0.15) is 0 Å². The number of aryl methyl sites for hydroxylation is 2. The van der Waals surface area contributed by atoms with Crippen LogP contribution in [0.3, 0.4) is 0 Å².